The molecule has 2 aromatic heterocycles. The van der Waals surface area contributed by atoms with Gasteiger partial charge in [0.15, 0.2) is 11.2 Å². The number of aromatic nitrogens is 4. The zero-order chi connectivity index (χ0) is 20.5. The first-order chi connectivity index (χ1) is 13.3. The van der Waals surface area contributed by atoms with E-state index in [2.05, 4.69) is 24.8 Å². The average molecular weight is 412 g/mol. The molecule has 1 aliphatic carbocycles. The number of imidazole rings is 1. The van der Waals surface area contributed by atoms with Crippen molar-refractivity contribution in [3.05, 3.63) is 22.3 Å². The van der Waals surface area contributed by atoms with Gasteiger partial charge in [0.25, 0.3) is 13.7 Å². The largest absolute Gasteiger partial charge is 0.468 e. The molecule has 13 heteroatoms. The number of aliphatic hydroxyl groups excluding tert-OH is 1. The van der Waals surface area contributed by atoms with Crippen molar-refractivity contribution in [2.45, 2.75) is 19.4 Å². The lowest BCUT2D eigenvalue weighted by Gasteiger charge is -2.15. The summed E-state index contributed by atoms with van der Waals surface area (Å²) in [6.45, 7) is 1.28. The zero-order valence-corrected chi connectivity index (χ0v) is 16.3. The van der Waals surface area contributed by atoms with Gasteiger partial charge in [-0.25, -0.2) is 10.1 Å². The van der Waals surface area contributed by atoms with Crippen LogP contribution in [0.1, 0.15) is 13.3 Å². The first kappa shape index (κ1) is 20.2. The molecule has 0 aliphatic heterocycles. The van der Waals surface area contributed by atoms with Crippen LogP contribution in [0.3, 0.4) is 0 Å². The number of nitrogen functional groups attached to an aromatic ring is 1. The minimum absolute atomic E-state index is 0.00317. The van der Waals surface area contributed by atoms with Gasteiger partial charge in [-0.2, -0.15) is 4.98 Å². The number of H-pyrrole nitrogens is 1. The highest BCUT2D eigenvalue weighted by Gasteiger charge is 2.49. The Hall–Kier alpha value is -2.53. The van der Waals surface area contributed by atoms with Crippen molar-refractivity contribution >= 4 is 37.5 Å². The number of ether oxygens (including phenoxy) is 1. The first-order valence-electron chi connectivity index (χ1n) is 8.35. The summed E-state index contributed by atoms with van der Waals surface area (Å²) in [4.78, 5) is 33.6. The molecule has 0 bridgehead atoms. The Balaban J connectivity index is 1.70. The molecule has 0 amide bonds. The molecule has 0 aromatic carbocycles. The number of fused-ring (bicyclic) bond motifs is 1. The van der Waals surface area contributed by atoms with Crippen LogP contribution in [-0.4, -0.2) is 57.0 Å². The Kier molecular flexibility index (Phi) is 5.66. The van der Waals surface area contributed by atoms with Crippen molar-refractivity contribution in [2.24, 2.45) is 5.41 Å². The third-order valence-corrected chi connectivity index (χ3v) is 5.58. The van der Waals surface area contributed by atoms with E-state index in [9.17, 15) is 19.3 Å². The van der Waals surface area contributed by atoms with Crippen molar-refractivity contribution in [1.29, 1.82) is 0 Å². The van der Waals surface area contributed by atoms with Gasteiger partial charge in [-0.3, -0.25) is 23.7 Å². The number of rotatable bonds is 8. The van der Waals surface area contributed by atoms with E-state index in [4.69, 9.17) is 10.3 Å². The number of aromatic amines is 1. The number of aliphatic hydroxyl groups is 1. The molecule has 3 rings (SSSR count). The van der Waals surface area contributed by atoms with Gasteiger partial charge in [0.05, 0.1) is 20.3 Å². The van der Waals surface area contributed by atoms with Crippen LogP contribution in [0, 0.1) is 5.41 Å². The zero-order valence-electron chi connectivity index (χ0n) is 15.3. The molecule has 0 radical (unpaired) electrons. The Morgan fingerprint density at radius 2 is 2.39 bits per heavy atom. The second kappa shape index (κ2) is 7.84. The van der Waals surface area contributed by atoms with Crippen LogP contribution in [0.25, 0.3) is 17.4 Å². The van der Waals surface area contributed by atoms with Crippen molar-refractivity contribution in [3.8, 4) is 0 Å². The van der Waals surface area contributed by atoms with Crippen LogP contribution in [0.15, 0.2) is 16.7 Å². The summed E-state index contributed by atoms with van der Waals surface area (Å²) in [6.07, 6.45) is 3.61. The molecule has 1 aliphatic rings. The van der Waals surface area contributed by atoms with E-state index in [1.165, 1.54) is 24.9 Å². The van der Waals surface area contributed by atoms with E-state index in [1.807, 2.05) is 0 Å². The summed E-state index contributed by atoms with van der Waals surface area (Å²) < 4.78 is 23.4. The summed E-state index contributed by atoms with van der Waals surface area (Å²) in [5, 5.41) is 12.3. The van der Waals surface area contributed by atoms with E-state index in [1.54, 1.807) is 6.20 Å². The Morgan fingerprint density at radius 3 is 3.07 bits per heavy atom. The van der Waals surface area contributed by atoms with Crippen molar-refractivity contribution in [2.75, 3.05) is 26.1 Å². The van der Waals surface area contributed by atoms with Gasteiger partial charge in [-0.1, -0.05) is 0 Å². The molecule has 1 fully saturated rings. The van der Waals surface area contributed by atoms with Gasteiger partial charge in [0.2, 0.25) is 5.95 Å². The van der Waals surface area contributed by atoms with Crippen molar-refractivity contribution in [1.82, 2.24) is 24.6 Å². The quantitative estimate of drug-likeness (QED) is 0.326. The second-order valence-corrected chi connectivity index (χ2v) is 7.66. The summed E-state index contributed by atoms with van der Waals surface area (Å²) in [6, 6.07) is -0.775. The number of nitrogens with two attached hydrogens (primary N) is 1. The molecule has 0 spiro atoms. The molecule has 3 atom stereocenters. The molecule has 1 unspecified atom stereocenters. The predicted octanol–water partition coefficient (Wildman–Crippen LogP) is -0.517. The molecule has 28 heavy (non-hydrogen) atoms. The average Bonchev–Trinajstić information content (AvgIpc) is 3.21. The lowest BCUT2D eigenvalue weighted by molar-refractivity contribution is -0.142. The highest BCUT2D eigenvalue weighted by atomic mass is 31.1. The number of carbonyl (C=O) groups is 1. The summed E-state index contributed by atoms with van der Waals surface area (Å²) >= 11 is 0. The minimum atomic E-state index is -2.71. The van der Waals surface area contributed by atoms with Crippen LogP contribution in [0.4, 0.5) is 5.95 Å². The molecule has 12 nitrogen and oxygen atoms in total. The number of nitrogens with zero attached hydrogens (tertiary/aromatic N) is 3. The lowest BCUT2D eigenvalue weighted by Crippen LogP contribution is -2.30. The van der Waals surface area contributed by atoms with Crippen LogP contribution >= 0.6 is 8.18 Å². The lowest BCUT2D eigenvalue weighted by atomic mass is 10.1. The van der Waals surface area contributed by atoms with Crippen molar-refractivity contribution in [3.63, 3.8) is 0 Å². The Labute approximate surface area is 159 Å². The van der Waals surface area contributed by atoms with Gasteiger partial charge >= 0.3 is 5.97 Å². The third kappa shape index (κ3) is 3.99. The normalized spacial score (nSPS) is 22.3. The number of anilines is 1. The fourth-order valence-electron chi connectivity index (χ4n) is 2.71. The van der Waals surface area contributed by atoms with Gasteiger partial charge in [0.1, 0.15) is 12.4 Å². The number of nitrogens with one attached hydrogen (secondary N) is 2. The highest BCUT2D eigenvalue weighted by Crippen LogP contribution is 2.53. The van der Waals surface area contributed by atoms with Crippen molar-refractivity contribution < 1.29 is 23.7 Å². The van der Waals surface area contributed by atoms with Crippen LogP contribution in [0.2, 0.25) is 0 Å². The van der Waals surface area contributed by atoms with E-state index in [-0.39, 0.29) is 30.3 Å². The van der Waals surface area contributed by atoms with Crippen LogP contribution in [0.5, 0.6) is 0 Å². The molecule has 1 saturated carbocycles. The predicted molar refractivity (Wildman–Crippen MR) is 101 cm³/mol. The molecule has 2 heterocycles. The number of carbonyl (C=O) groups excluding carboxylic acids is 1. The van der Waals surface area contributed by atoms with E-state index in [0.717, 1.165) is 5.57 Å². The first-order valence-corrected chi connectivity index (χ1v) is 9.67. The molecule has 152 valence electrons. The SMILES string of the molecule is COC(=O)[C@H](C)N[PH](=O)OC[C@@]1(CO)C/C1=C/n1cnc2c(=O)[nH]c(N)nc21. The fourth-order valence-corrected chi connectivity index (χ4v) is 3.68. The Bertz CT molecular complexity index is 1020. The number of hydrogen-bond donors (Lipinski definition) is 4. The number of hydrogen-bond acceptors (Lipinski definition) is 9. The summed E-state index contributed by atoms with van der Waals surface area (Å²) in [5.41, 5.74) is 5.67. The molecule has 0 saturated heterocycles. The summed E-state index contributed by atoms with van der Waals surface area (Å²) in [5.74, 6) is -0.589. The molecular formula is C15H21N6O6P. The topological polar surface area (TPSA) is 174 Å². The maximum Gasteiger partial charge on any atom is 0.322 e. The monoisotopic (exact) mass is 412 g/mol. The third-order valence-electron chi connectivity index (χ3n) is 4.50. The van der Waals surface area contributed by atoms with Crippen LogP contribution < -0.4 is 16.4 Å². The van der Waals surface area contributed by atoms with Gasteiger partial charge in [-0.05, 0) is 18.9 Å². The molecule has 2 aromatic rings. The standard InChI is InChI=1S/C15H21N6O6P/c1-8(13(24)26-2)20-28(25)27-6-15(5-22)3-9(15)4-21-7-17-10-11(21)18-14(16)19-12(10)23/h4,7-8,22,28H,3,5-6H2,1-2H3,(H,20,25)(H3,16,18,19,23)/b9-4-/t8-,15-/m0/s1. The fraction of sp³-hybridized carbons (Fsp3) is 0.467. The van der Waals surface area contributed by atoms with E-state index in [0.29, 0.717) is 6.42 Å². The highest BCUT2D eigenvalue weighted by molar-refractivity contribution is 7.36. The summed E-state index contributed by atoms with van der Waals surface area (Å²) in [7, 11) is -1.48. The maximum atomic E-state index is 12.0. The van der Waals surface area contributed by atoms with Crippen LogP contribution in [-0.2, 0) is 18.6 Å². The Morgan fingerprint density at radius 1 is 1.64 bits per heavy atom. The van der Waals surface area contributed by atoms with Gasteiger partial charge in [-0.15, -0.1) is 0 Å². The molecular weight excluding hydrogens is 391 g/mol. The van der Waals surface area contributed by atoms with E-state index < -0.39 is 31.2 Å². The van der Waals surface area contributed by atoms with E-state index >= 15 is 0 Å². The number of methoxy groups -OCH3 is 1. The van der Waals surface area contributed by atoms with Gasteiger partial charge in [0, 0.05) is 11.6 Å². The minimum Gasteiger partial charge on any atom is -0.468 e. The maximum absolute atomic E-state index is 12.0. The smallest absolute Gasteiger partial charge is 0.322 e. The number of esters is 1. The second-order valence-electron chi connectivity index (χ2n) is 6.51. The molecule has 5 N–H and O–H groups in total. The van der Waals surface area contributed by atoms with Gasteiger partial charge < -0.3 is 20.1 Å².